The van der Waals surface area contributed by atoms with E-state index < -0.39 is 18.4 Å². The second-order valence-corrected chi connectivity index (χ2v) is 22.1. The van der Waals surface area contributed by atoms with E-state index in [1.807, 2.05) is 0 Å². The van der Waals surface area contributed by atoms with E-state index in [9.17, 15) is 0 Å². The summed E-state index contributed by atoms with van der Waals surface area (Å²) in [6.45, 7) is 7.10. The average molecular weight is 512 g/mol. The molecule has 0 unspecified atom stereocenters. The normalized spacial score (nSPS) is 12.2. The van der Waals surface area contributed by atoms with Crippen LogP contribution in [0.4, 0.5) is 5.69 Å². The molecule has 0 aliphatic heterocycles. The Morgan fingerprint density at radius 2 is 1.23 bits per heavy atom. The van der Waals surface area contributed by atoms with Gasteiger partial charge in [-0.3, -0.25) is 0 Å². The Labute approximate surface area is 190 Å². The molecule has 0 N–H and O–H groups in total. The molecule has 2 heteroatoms. The van der Waals surface area contributed by atoms with E-state index in [4.69, 9.17) is 0 Å². The third kappa shape index (κ3) is 6.90. The fourth-order valence-corrected chi connectivity index (χ4v) is 21.5. The average Bonchev–Trinajstić information content (AvgIpc) is 2.78. The molecule has 0 saturated carbocycles. The van der Waals surface area contributed by atoms with Crippen molar-refractivity contribution in [3.63, 3.8) is 0 Å². The molecule has 0 spiro atoms. The molecule has 30 heavy (non-hydrogen) atoms. The fraction of sp³-hybridized carbons (Fsp3) is 0.500. The fourth-order valence-electron chi connectivity index (χ4n) is 4.65. The minimum absolute atomic E-state index is 1.31. The van der Waals surface area contributed by atoms with Gasteiger partial charge in [0.25, 0.3) is 0 Å². The quantitative estimate of drug-likeness (QED) is 0.192. The first kappa shape index (κ1) is 25.0. The van der Waals surface area contributed by atoms with E-state index in [1.165, 1.54) is 68.6 Å². The summed E-state index contributed by atoms with van der Waals surface area (Å²) in [5.74, 6) is 0. The molecule has 0 amide bonds. The number of para-hydroxylation sites is 1. The van der Waals surface area contributed by atoms with Crippen LogP contribution in [0.3, 0.4) is 0 Å². The molecule has 0 aliphatic carbocycles. The number of anilines is 1. The zero-order valence-electron chi connectivity index (χ0n) is 20.1. The van der Waals surface area contributed by atoms with Crippen molar-refractivity contribution in [3.05, 3.63) is 65.7 Å². The molecule has 164 valence electrons. The number of nitrogens with zero attached hydrogens (tertiary/aromatic N) is 1. The topological polar surface area (TPSA) is 3.24 Å². The van der Waals surface area contributed by atoms with Gasteiger partial charge in [0.15, 0.2) is 0 Å². The molecule has 2 aromatic rings. The van der Waals surface area contributed by atoms with Gasteiger partial charge in [0.05, 0.1) is 0 Å². The Kier molecular flexibility index (Phi) is 11.1. The number of unbranched alkanes of at least 4 members (excludes halogenated alkanes) is 3. The van der Waals surface area contributed by atoms with Crippen molar-refractivity contribution in [2.24, 2.45) is 0 Å². The van der Waals surface area contributed by atoms with Crippen LogP contribution in [0.15, 0.2) is 54.6 Å². The van der Waals surface area contributed by atoms with Crippen molar-refractivity contribution in [2.45, 2.75) is 72.6 Å². The van der Waals surface area contributed by atoms with Crippen molar-refractivity contribution in [1.82, 2.24) is 0 Å². The van der Waals surface area contributed by atoms with Crippen LogP contribution in [0.2, 0.25) is 13.3 Å². The van der Waals surface area contributed by atoms with Crippen LogP contribution < -0.4 is 4.90 Å². The van der Waals surface area contributed by atoms with Crippen LogP contribution in [0.1, 0.15) is 70.4 Å². The Balaban J connectivity index is 2.73. The Bertz CT molecular complexity index is 741. The zero-order chi connectivity index (χ0) is 21.8. The maximum atomic E-state index is 2.60. The van der Waals surface area contributed by atoms with Crippen LogP contribution in [-0.4, -0.2) is 32.5 Å². The van der Waals surface area contributed by atoms with Gasteiger partial charge in [-0.2, -0.15) is 0 Å². The van der Waals surface area contributed by atoms with Gasteiger partial charge in [0, 0.05) is 0 Å². The first-order chi connectivity index (χ1) is 14.6. The van der Waals surface area contributed by atoms with Crippen LogP contribution in [0.25, 0.3) is 9.67 Å². The number of benzene rings is 2. The first-order valence-corrected chi connectivity index (χ1v) is 19.6. The molecular weight excluding hydrogens is 469 g/mol. The Hall–Kier alpha value is -1.22. The van der Waals surface area contributed by atoms with Gasteiger partial charge in [-0.1, -0.05) is 0 Å². The van der Waals surface area contributed by atoms with E-state index in [0.717, 1.165) is 0 Å². The molecule has 0 heterocycles. The van der Waals surface area contributed by atoms with Crippen molar-refractivity contribution in [3.8, 4) is 0 Å². The first-order valence-electron chi connectivity index (χ1n) is 12.1. The Morgan fingerprint density at radius 1 is 0.733 bits per heavy atom. The standard InChI is InChI=1S/C16H16N.3C4H9.Sn/c1-17(2)16-11-7-6-10-15(16)13-12-14-8-4-3-5-9-14;3*1-3-4-2;/h3-12H,1-2H3;3*1,3-4H2,2H3;. The monoisotopic (exact) mass is 513 g/mol. The van der Waals surface area contributed by atoms with Gasteiger partial charge in [0.2, 0.25) is 0 Å². The van der Waals surface area contributed by atoms with Gasteiger partial charge >= 0.3 is 191 Å². The van der Waals surface area contributed by atoms with Gasteiger partial charge in [-0.15, -0.1) is 0 Å². The zero-order valence-corrected chi connectivity index (χ0v) is 22.9. The molecule has 0 radical (unpaired) electrons. The summed E-state index contributed by atoms with van der Waals surface area (Å²) in [7, 11) is 4.39. The summed E-state index contributed by atoms with van der Waals surface area (Å²) < 4.78 is 6.23. The van der Waals surface area contributed by atoms with E-state index >= 15 is 0 Å². The van der Waals surface area contributed by atoms with Crippen LogP contribution in [-0.2, 0) is 0 Å². The number of hydrogen-bond donors (Lipinski definition) is 0. The van der Waals surface area contributed by atoms with Gasteiger partial charge in [-0.05, 0) is 0 Å². The third-order valence-corrected chi connectivity index (χ3v) is 22.0. The van der Waals surface area contributed by atoms with E-state index in [1.54, 1.807) is 3.59 Å². The van der Waals surface area contributed by atoms with Gasteiger partial charge < -0.3 is 0 Å². The predicted molar refractivity (Wildman–Crippen MR) is 140 cm³/mol. The van der Waals surface area contributed by atoms with Gasteiger partial charge in [-0.25, -0.2) is 0 Å². The summed E-state index contributed by atoms with van der Waals surface area (Å²) in [4.78, 5) is 2.31. The van der Waals surface area contributed by atoms with Crippen molar-refractivity contribution < 1.29 is 0 Å². The number of hydrogen-bond acceptors (Lipinski definition) is 1. The van der Waals surface area contributed by atoms with Crippen LogP contribution in [0.5, 0.6) is 0 Å². The van der Waals surface area contributed by atoms with E-state index in [2.05, 4.69) is 100 Å². The van der Waals surface area contributed by atoms with Gasteiger partial charge in [0.1, 0.15) is 0 Å². The molecule has 2 aromatic carbocycles. The predicted octanol–water partition coefficient (Wildman–Crippen LogP) is 8.68. The summed E-state index contributed by atoms with van der Waals surface area (Å²) in [6, 6.07) is 20.2. The molecule has 0 fully saturated rings. The van der Waals surface area contributed by atoms with Crippen molar-refractivity contribution in [1.29, 1.82) is 0 Å². The molecule has 0 bridgehead atoms. The molecular formula is C28H43NSn. The van der Waals surface area contributed by atoms with E-state index in [-0.39, 0.29) is 0 Å². The van der Waals surface area contributed by atoms with E-state index in [0.29, 0.717) is 0 Å². The second-order valence-electron chi connectivity index (χ2n) is 8.97. The number of rotatable bonds is 13. The molecule has 1 nitrogen and oxygen atoms in total. The van der Waals surface area contributed by atoms with Crippen LogP contribution in [0, 0.1) is 0 Å². The summed E-state index contributed by atoms with van der Waals surface area (Å²) in [6.07, 6.45) is 10.7. The van der Waals surface area contributed by atoms with Crippen molar-refractivity contribution >= 4 is 33.7 Å². The molecule has 0 saturated heterocycles. The summed E-state index contributed by atoms with van der Waals surface area (Å²) >= 11 is -2.62. The summed E-state index contributed by atoms with van der Waals surface area (Å²) in [5, 5.41) is 0. The molecule has 0 aliphatic rings. The summed E-state index contributed by atoms with van der Waals surface area (Å²) in [5.41, 5.74) is 4.25. The third-order valence-electron chi connectivity index (χ3n) is 6.38. The second kappa shape index (κ2) is 13.2. The van der Waals surface area contributed by atoms with Crippen molar-refractivity contribution in [2.75, 3.05) is 19.0 Å². The molecule has 0 aromatic heterocycles. The van der Waals surface area contributed by atoms with Crippen LogP contribution >= 0.6 is 0 Å². The molecule has 2 rings (SSSR count). The minimum atomic E-state index is -2.62. The SMILES string of the molecule is CCC[CH2][Sn]([CH2]CCC)([CH2]CCC)/[C](=C\c1ccccc1)c1ccccc1N(C)C. The maximum absolute atomic E-state index is 2.62. The molecule has 0 atom stereocenters. The Morgan fingerprint density at radius 3 is 1.73 bits per heavy atom.